The average molecular weight is 368 g/mol. The van der Waals surface area contributed by atoms with Gasteiger partial charge in [0.2, 0.25) is 15.9 Å². The molecule has 0 aliphatic carbocycles. The van der Waals surface area contributed by atoms with Crippen LogP contribution in [0.2, 0.25) is 0 Å². The number of likely N-dealkylation sites (N-methyl/N-ethyl adjacent to an activating group) is 1. The van der Waals surface area contributed by atoms with Gasteiger partial charge in [-0.15, -0.1) is 0 Å². The molecule has 0 aliphatic rings. The minimum absolute atomic E-state index is 0.175. The van der Waals surface area contributed by atoms with Gasteiger partial charge >= 0.3 is 0 Å². The van der Waals surface area contributed by atoms with Crippen molar-refractivity contribution in [3.8, 4) is 0 Å². The molecule has 0 fully saturated rings. The molecule has 1 N–H and O–H groups in total. The van der Waals surface area contributed by atoms with E-state index in [1.54, 1.807) is 36.2 Å². The summed E-state index contributed by atoms with van der Waals surface area (Å²) in [6.07, 6.45) is 1.63. The van der Waals surface area contributed by atoms with Crippen LogP contribution >= 0.6 is 11.8 Å². The third-order valence-electron chi connectivity index (χ3n) is 3.21. The molecule has 0 atom stereocenters. The van der Waals surface area contributed by atoms with Gasteiger partial charge in [-0.25, -0.2) is 8.42 Å². The van der Waals surface area contributed by atoms with Crippen molar-refractivity contribution in [1.82, 2.24) is 9.62 Å². The first-order valence-corrected chi connectivity index (χ1v) is 9.98. The second-order valence-corrected chi connectivity index (χ2v) is 8.21. The first-order chi connectivity index (χ1) is 11.5. The molecule has 2 rings (SSSR count). The molecule has 0 saturated heterocycles. The normalized spacial score (nSPS) is 11.6. The van der Waals surface area contributed by atoms with Gasteiger partial charge in [0.05, 0.1) is 23.5 Å². The molecule has 0 aliphatic heterocycles. The highest BCUT2D eigenvalue weighted by Gasteiger charge is 2.22. The van der Waals surface area contributed by atoms with Crippen LogP contribution in [0.25, 0.3) is 0 Å². The van der Waals surface area contributed by atoms with Crippen molar-refractivity contribution < 1.29 is 17.6 Å². The van der Waals surface area contributed by atoms with Crippen LogP contribution in [-0.4, -0.2) is 44.5 Å². The monoisotopic (exact) mass is 368 g/mol. The summed E-state index contributed by atoms with van der Waals surface area (Å²) in [5.41, 5.74) is 0. The lowest BCUT2D eigenvalue weighted by Gasteiger charge is -2.16. The van der Waals surface area contributed by atoms with Crippen LogP contribution in [0, 0.1) is 0 Å². The highest BCUT2D eigenvalue weighted by molar-refractivity contribution is 7.98. The minimum atomic E-state index is -3.64. The highest BCUT2D eigenvalue weighted by atomic mass is 32.2. The van der Waals surface area contributed by atoms with Crippen molar-refractivity contribution in [1.29, 1.82) is 0 Å². The van der Waals surface area contributed by atoms with E-state index < -0.39 is 10.0 Å². The first kappa shape index (κ1) is 18.6. The predicted octanol–water partition coefficient (Wildman–Crippen LogP) is 1.95. The Bertz CT molecular complexity index is 731. The van der Waals surface area contributed by atoms with Gasteiger partial charge in [-0.05, 0) is 24.3 Å². The van der Waals surface area contributed by atoms with Crippen LogP contribution in [0.1, 0.15) is 5.76 Å². The largest absolute Gasteiger partial charge is 0.468 e. The van der Waals surface area contributed by atoms with Gasteiger partial charge in [0.1, 0.15) is 5.76 Å². The number of hydrogen-bond acceptors (Lipinski definition) is 5. The lowest BCUT2D eigenvalue weighted by Crippen LogP contribution is -2.39. The highest BCUT2D eigenvalue weighted by Crippen LogP contribution is 2.13. The van der Waals surface area contributed by atoms with Crippen molar-refractivity contribution in [3.63, 3.8) is 0 Å². The summed E-state index contributed by atoms with van der Waals surface area (Å²) < 4.78 is 30.9. The van der Waals surface area contributed by atoms with Crippen molar-refractivity contribution in [2.75, 3.05) is 25.9 Å². The van der Waals surface area contributed by atoms with E-state index in [1.807, 2.05) is 12.1 Å². The summed E-state index contributed by atoms with van der Waals surface area (Å²) >= 11 is 1.63. The maximum absolute atomic E-state index is 12.3. The predicted molar refractivity (Wildman–Crippen MR) is 94.1 cm³/mol. The maximum atomic E-state index is 12.3. The Morgan fingerprint density at radius 3 is 2.62 bits per heavy atom. The summed E-state index contributed by atoms with van der Waals surface area (Å²) in [7, 11) is -2.25. The van der Waals surface area contributed by atoms with E-state index in [-0.39, 0.29) is 17.3 Å². The molecule has 0 bridgehead atoms. The van der Waals surface area contributed by atoms with Crippen molar-refractivity contribution in [3.05, 3.63) is 54.5 Å². The standard InChI is InChI=1S/C16H20N2O4S2/c1-18(24(20,21)15-7-3-2-4-8-15)12-16(19)17-9-11-23-13-14-6-5-10-22-14/h2-8,10H,9,11-13H2,1H3,(H,17,19). The fraction of sp³-hybridized carbons (Fsp3) is 0.312. The van der Waals surface area contributed by atoms with Crippen LogP contribution in [0.15, 0.2) is 58.0 Å². The Hall–Kier alpha value is -1.77. The fourth-order valence-corrected chi connectivity index (χ4v) is 3.85. The van der Waals surface area contributed by atoms with E-state index in [4.69, 9.17) is 4.42 Å². The van der Waals surface area contributed by atoms with Gasteiger partial charge in [0.15, 0.2) is 0 Å². The van der Waals surface area contributed by atoms with Crippen LogP contribution in [0.3, 0.4) is 0 Å². The number of nitrogens with one attached hydrogen (secondary N) is 1. The van der Waals surface area contributed by atoms with Crippen LogP contribution in [-0.2, 0) is 20.6 Å². The Balaban J connectivity index is 1.71. The summed E-state index contributed by atoms with van der Waals surface area (Å²) in [5.74, 6) is 2.03. The molecule has 0 spiro atoms. The zero-order valence-electron chi connectivity index (χ0n) is 13.3. The molecule has 1 amide bonds. The molecule has 1 aromatic carbocycles. The van der Waals surface area contributed by atoms with E-state index >= 15 is 0 Å². The minimum Gasteiger partial charge on any atom is -0.468 e. The van der Waals surface area contributed by atoms with Crippen molar-refractivity contribution >= 4 is 27.7 Å². The second kappa shape index (κ2) is 8.91. The molecule has 0 unspecified atom stereocenters. The summed E-state index contributed by atoms with van der Waals surface area (Å²) in [5, 5.41) is 2.72. The Morgan fingerprint density at radius 1 is 1.21 bits per heavy atom. The number of amides is 1. The van der Waals surface area contributed by atoms with E-state index in [0.29, 0.717) is 6.54 Å². The number of thioether (sulfide) groups is 1. The van der Waals surface area contributed by atoms with Crippen molar-refractivity contribution in [2.24, 2.45) is 0 Å². The number of carbonyl (C=O) groups is 1. The fourth-order valence-electron chi connectivity index (χ4n) is 1.95. The van der Waals surface area contributed by atoms with Gasteiger partial charge in [-0.1, -0.05) is 18.2 Å². The second-order valence-electron chi connectivity index (χ2n) is 5.06. The van der Waals surface area contributed by atoms with Gasteiger partial charge in [-0.2, -0.15) is 16.1 Å². The van der Waals surface area contributed by atoms with E-state index in [2.05, 4.69) is 5.32 Å². The van der Waals surface area contributed by atoms with E-state index in [0.717, 1.165) is 21.6 Å². The summed E-state index contributed by atoms with van der Waals surface area (Å²) in [4.78, 5) is 12.1. The number of carbonyl (C=O) groups excluding carboxylic acids is 1. The zero-order valence-corrected chi connectivity index (χ0v) is 15.0. The molecule has 0 saturated carbocycles. The molecule has 24 heavy (non-hydrogen) atoms. The van der Waals surface area contributed by atoms with E-state index in [1.165, 1.54) is 19.2 Å². The number of furan rings is 1. The number of nitrogens with zero attached hydrogens (tertiary/aromatic N) is 1. The Labute approximate surface area is 146 Å². The average Bonchev–Trinajstić information content (AvgIpc) is 3.08. The Kier molecular flexibility index (Phi) is 6.89. The first-order valence-electron chi connectivity index (χ1n) is 7.38. The molecule has 1 heterocycles. The molecular weight excluding hydrogens is 348 g/mol. The number of benzene rings is 1. The molecule has 2 aromatic rings. The smallest absolute Gasteiger partial charge is 0.243 e. The molecule has 1 aromatic heterocycles. The number of rotatable bonds is 9. The molecule has 8 heteroatoms. The third-order valence-corrected chi connectivity index (χ3v) is 6.01. The summed E-state index contributed by atoms with van der Waals surface area (Å²) in [6, 6.07) is 11.8. The van der Waals surface area contributed by atoms with Crippen LogP contribution in [0.4, 0.5) is 0 Å². The lowest BCUT2D eigenvalue weighted by atomic mass is 10.4. The van der Waals surface area contributed by atoms with Crippen molar-refractivity contribution in [2.45, 2.75) is 10.6 Å². The molecule has 6 nitrogen and oxygen atoms in total. The molecular formula is C16H20N2O4S2. The number of sulfonamides is 1. The maximum Gasteiger partial charge on any atom is 0.243 e. The van der Waals surface area contributed by atoms with Crippen LogP contribution in [0.5, 0.6) is 0 Å². The third kappa shape index (κ3) is 5.40. The zero-order chi connectivity index (χ0) is 17.4. The summed E-state index contributed by atoms with van der Waals surface area (Å²) in [6.45, 7) is 0.267. The van der Waals surface area contributed by atoms with Gasteiger partial charge in [0, 0.05) is 19.3 Å². The lowest BCUT2D eigenvalue weighted by molar-refractivity contribution is -0.121. The van der Waals surface area contributed by atoms with E-state index in [9.17, 15) is 13.2 Å². The van der Waals surface area contributed by atoms with Gasteiger partial charge < -0.3 is 9.73 Å². The van der Waals surface area contributed by atoms with Gasteiger partial charge in [-0.3, -0.25) is 4.79 Å². The molecule has 0 radical (unpaired) electrons. The number of hydrogen-bond donors (Lipinski definition) is 1. The van der Waals surface area contributed by atoms with Crippen LogP contribution < -0.4 is 5.32 Å². The topological polar surface area (TPSA) is 79.6 Å². The SMILES string of the molecule is CN(CC(=O)NCCSCc1ccco1)S(=O)(=O)c1ccccc1. The van der Waals surface area contributed by atoms with Gasteiger partial charge in [0.25, 0.3) is 0 Å². The quantitative estimate of drug-likeness (QED) is 0.685. The molecule has 130 valence electrons. The Morgan fingerprint density at radius 2 is 1.96 bits per heavy atom.